The van der Waals surface area contributed by atoms with Gasteiger partial charge in [-0.2, -0.15) is 23.3 Å². The number of aryl methyl sites for hydroxylation is 1. The molecule has 0 bridgehead atoms. The summed E-state index contributed by atoms with van der Waals surface area (Å²) in [4.78, 5) is 25.8. The Labute approximate surface area is 205 Å². The van der Waals surface area contributed by atoms with E-state index in [4.69, 9.17) is 9.72 Å². The number of pyridine rings is 1. The van der Waals surface area contributed by atoms with Crippen LogP contribution in [0.3, 0.4) is 0 Å². The highest BCUT2D eigenvalue weighted by Gasteiger charge is 2.49. The molecule has 0 amide bonds. The van der Waals surface area contributed by atoms with Gasteiger partial charge in [-0.15, -0.1) is 0 Å². The Kier molecular flexibility index (Phi) is 5.29. The van der Waals surface area contributed by atoms with Crippen LogP contribution >= 0.6 is 0 Å². The maximum atomic E-state index is 13.3. The van der Waals surface area contributed by atoms with E-state index in [1.807, 2.05) is 11.8 Å². The summed E-state index contributed by atoms with van der Waals surface area (Å²) in [6.07, 6.45) is 0.268. The molecular weight excluding hydrogens is 475 g/mol. The van der Waals surface area contributed by atoms with Crippen LogP contribution in [-0.4, -0.2) is 57.1 Å². The van der Waals surface area contributed by atoms with Gasteiger partial charge in [-0.3, -0.25) is 14.3 Å². The average molecular weight is 504 g/mol. The molecule has 0 aliphatic carbocycles. The van der Waals surface area contributed by atoms with E-state index in [0.29, 0.717) is 54.6 Å². The Morgan fingerprint density at radius 2 is 1.94 bits per heavy atom. The molecule has 0 aromatic carbocycles. The van der Waals surface area contributed by atoms with Crippen LogP contribution in [0.5, 0.6) is 0 Å². The minimum absolute atomic E-state index is 0.0585. The molecule has 3 aliphatic rings. The first-order valence-corrected chi connectivity index (χ1v) is 12.3. The number of hydrogen-bond donors (Lipinski definition) is 0. The number of rotatable bonds is 3. The van der Waals surface area contributed by atoms with E-state index in [1.54, 1.807) is 22.4 Å². The van der Waals surface area contributed by atoms with Crippen molar-refractivity contribution >= 4 is 22.7 Å². The molecule has 3 aromatic heterocycles. The van der Waals surface area contributed by atoms with Gasteiger partial charge < -0.3 is 14.5 Å². The molecule has 1 spiro atoms. The Bertz CT molecular complexity index is 1370. The zero-order valence-corrected chi connectivity index (χ0v) is 20.3. The molecule has 6 rings (SSSR count). The van der Waals surface area contributed by atoms with E-state index in [1.165, 1.54) is 6.20 Å². The quantitative estimate of drug-likeness (QED) is 0.543. The minimum Gasteiger partial charge on any atom is -0.370 e. The summed E-state index contributed by atoms with van der Waals surface area (Å²) in [7, 11) is 1.73. The van der Waals surface area contributed by atoms with Gasteiger partial charge in [-0.05, 0) is 44.7 Å². The zero-order chi connectivity index (χ0) is 25.2. The lowest BCUT2D eigenvalue weighted by Crippen LogP contribution is -2.58. The molecule has 36 heavy (non-hydrogen) atoms. The molecular formula is C24H28F3N7O2. The van der Waals surface area contributed by atoms with Crippen molar-refractivity contribution in [3.63, 3.8) is 0 Å². The Balaban J connectivity index is 1.25. The number of nitrogens with zero attached hydrogens (tertiary/aromatic N) is 7. The number of hydrogen-bond acceptors (Lipinski definition) is 7. The summed E-state index contributed by atoms with van der Waals surface area (Å²) >= 11 is 0. The van der Waals surface area contributed by atoms with Crippen LogP contribution in [0.15, 0.2) is 23.1 Å². The second-order valence-corrected chi connectivity index (χ2v) is 10.3. The highest BCUT2D eigenvalue weighted by atomic mass is 19.4. The molecule has 0 saturated carbocycles. The average Bonchev–Trinajstić information content (AvgIpc) is 3.42. The Morgan fingerprint density at radius 3 is 2.67 bits per heavy atom. The molecule has 192 valence electrons. The third-order valence-corrected chi connectivity index (χ3v) is 7.69. The summed E-state index contributed by atoms with van der Waals surface area (Å²) in [6, 6.07) is 2.72. The first kappa shape index (κ1) is 23.3. The maximum absolute atomic E-state index is 13.3. The molecule has 1 unspecified atom stereocenters. The fraction of sp³-hybridized carbons (Fsp3) is 0.583. The maximum Gasteiger partial charge on any atom is 0.433 e. The first-order chi connectivity index (χ1) is 17.2. The smallest absolute Gasteiger partial charge is 0.370 e. The molecule has 0 radical (unpaired) electrons. The lowest BCUT2D eigenvalue weighted by molar-refractivity contribution is -0.141. The summed E-state index contributed by atoms with van der Waals surface area (Å²) in [5.74, 6) is 0.586. The third-order valence-electron chi connectivity index (χ3n) is 7.69. The second-order valence-electron chi connectivity index (χ2n) is 10.3. The van der Waals surface area contributed by atoms with E-state index in [2.05, 4.69) is 15.0 Å². The van der Waals surface area contributed by atoms with Crippen molar-refractivity contribution < 1.29 is 17.9 Å². The molecule has 3 aromatic rings. The minimum atomic E-state index is -4.47. The second kappa shape index (κ2) is 8.19. The third kappa shape index (κ3) is 3.73. The fourth-order valence-electron chi connectivity index (χ4n) is 5.80. The van der Waals surface area contributed by atoms with Crippen LogP contribution in [0, 0.1) is 12.3 Å². The first-order valence-electron chi connectivity index (χ1n) is 12.3. The van der Waals surface area contributed by atoms with Gasteiger partial charge in [0.1, 0.15) is 11.1 Å². The predicted molar refractivity (Wildman–Crippen MR) is 127 cm³/mol. The standard InChI is InChI=1S/C24H28F3N7O2/c1-15-19-20(34(30-15)18-5-3-4-10-36-18)29-22(31(2)21(19)35)32-9-7-23(12-32)13-33(14-23)16-6-8-28-17(11-16)24(25,26)27/h6,8,11,18H,3-5,7,9-10,12-14H2,1-2H3. The van der Waals surface area contributed by atoms with E-state index < -0.39 is 11.9 Å². The van der Waals surface area contributed by atoms with Gasteiger partial charge in [0, 0.05) is 57.1 Å². The van der Waals surface area contributed by atoms with Gasteiger partial charge >= 0.3 is 6.18 Å². The van der Waals surface area contributed by atoms with Crippen LogP contribution in [0.25, 0.3) is 11.0 Å². The van der Waals surface area contributed by atoms with Crippen molar-refractivity contribution in [1.82, 2.24) is 24.3 Å². The van der Waals surface area contributed by atoms with Crippen molar-refractivity contribution in [3.05, 3.63) is 40.1 Å². The van der Waals surface area contributed by atoms with Crippen LogP contribution in [0.4, 0.5) is 24.8 Å². The Morgan fingerprint density at radius 1 is 1.17 bits per heavy atom. The topological polar surface area (TPSA) is 81.3 Å². The zero-order valence-electron chi connectivity index (χ0n) is 20.3. The summed E-state index contributed by atoms with van der Waals surface area (Å²) < 4.78 is 48.5. The SMILES string of the molecule is Cc1nn(C2CCCCO2)c2nc(N3CCC4(CN(c5ccnc(C(F)(F)F)c5)C4)C3)n(C)c(=O)c12. The van der Waals surface area contributed by atoms with Crippen LogP contribution in [0.1, 0.15) is 43.3 Å². The molecule has 12 heteroatoms. The summed E-state index contributed by atoms with van der Waals surface area (Å²) in [6.45, 7) is 5.18. The lowest BCUT2D eigenvalue weighted by atomic mass is 9.79. The normalized spacial score (nSPS) is 22.0. The van der Waals surface area contributed by atoms with Crippen molar-refractivity contribution in [3.8, 4) is 0 Å². The van der Waals surface area contributed by atoms with Crippen molar-refractivity contribution in [2.75, 3.05) is 42.6 Å². The molecule has 3 saturated heterocycles. The lowest BCUT2D eigenvalue weighted by Gasteiger charge is -2.49. The number of ether oxygens (including phenoxy) is 1. The molecule has 3 fully saturated rings. The molecule has 1 atom stereocenters. The highest BCUT2D eigenvalue weighted by Crippen LogP contribution is 2.43. The fourth-order valence-corrected chi connectivity index (χ4v) is 5.80. The van der Waals surface area contributed by atoms with Crippen LogP contribution in [-0.2, 0) is 18.0 Å². The van der Waals surface area contributed by atoms with Gasteiger partial charge in [0.2, 0.25) is 5.95 Å². The summed E-state index contributed by atoms with van der Waals surface area (Å²) in [5.41, 5.74) is 0.640. The van der Waals surface area contributed by atoms with Crippen molar-refractivity contribution in [2.24, 2.45) is 12.5 Å². The number of halogens is 3. The molecule has 0 N–H and O–H groups in total. The van der Waals surface area contributed by atoms with Gasteiger partial charge in [0.05, 0.1) is 5.69 Å². The highest BCUT2D eigenvalue weighted by molar-refractivity contribution is 5.78. The predicted octanol–water partition coefficient (Wildman–Crippen LogP) is 3.27. The molecule has 6 heterocycles. The van der Waals surface area contributed by atoms with E-state index in [9.17, 15) is 18.0 Å². The number of aromatic nitrogens is 5. The molecule has 9 nitrogen and oxygen atoms in total. The van der Waals surface area contributed by atoms with Gasteiger partial charge in [-0.1, -0.05) is 0 Å². The van der Waals surface area contributed by atoms with Crippen molar-refractivity contribution in [2.45, 2.75) is 45.0 Å². The van der Waals surface area contributed by atoms with Gasteiger partial charge in [0.15, 0.2) is 11.9 Å². The van der Waals surface area contributed by atoms with Crippen molar-refractivity contribution in [1.29, 1.82) is 0 Å². The summed E-state index contributed by atoms with van der Waals surface area (Å²) in [5, 5.41) is 5.12. The monoisotopic (exact) mass is 503 g/mol. The van der Waals surface area contributed by atoms with Crippen LogP contribution in [0.2, 0.25) is 0 Å². The van der Waals surface area contributed by atoms with Crippen LogP contribution < -0.4 is 15.4 Å². The molecule has 3 aliphatic heterocycles. The van der Waals surface area contributed by atoms with Gasteiger partial charge in [-0.25, -0.2) is 4.68 Å². The Hall–Kier alpha value is -3.15. The van der Waals surface area contributed by atoms with E-state index in [-0.39, 0.29) is 17.2 Å². The largest absolute Gasteiger partial charge is 0.433 e. The van der Waals surface area contributed by atoms with E-state index >= 15 is 0 Å². The van der Waals surface area contributed by atoms with Gasteiger partial charge in [0.25, 0.3) is 5.56 Å². The number of alkyl halides is 3. The number of fused-ring (bicyclic) bond motifs is 1. The van der Waals surface area contributed by atoms with E-state index in [0.717, 1.165) is 38.3 Å². The number of anilines is 2.